The Labute approximate surface area is 146 Å². The fraction of sp³-hybridized carbons (Fsp3) is 0.650. The first kappa shape index (κ1) is 18.9. The van der Waals surface area contributed by atoms with Crippen LogP contribution in [0.5, 0.6) is 0 Å². The molecule has 1 amide bonds. The number of hydrogen-bond donors (Lipinski definition) is 1. The van der Waals surface area contributed by atoms with Crippen LogP contribution < -0.4 is 5.32 Å². The Hall–Kier alpha value is -1.39. The zero-order valence-corrected chi connectivity index (χ0v) is 15.3. The van der Waals surface area contributed by atoms with Gasteiger partial charge in [0.2, 0.25) is 5.91 Å². The van der Waals surface area contributed by atoms with Gasteiger partial charge in [0.25, 0.3) is 0 Å². The van der Waals surface area contributed by atoms with Gasteiger partial charge in [0.15, 0.2) is 0 Å². The van der Waals surface area contributed by atoms with Gasteiger partial charge in [-0.3, -0.25) is 4.79 Å². The number of carbonyl (C=O) groups is 1. The van der Waals surface area contributed by atoms with Gasteiger partial charge in [-0.25, -0.2) is 0 Å². The molecule has 0 saturated carbocycles. The molecule has 0 spiro atoms. The number of nitrogens with one attached hydrogen (secondary N) is 1. The van der Waals surface area contributed by atoms with Gasteiger partial charge in [0, 0.05) is 13.1 Å². The van der Waals surface area contributed by atoms with Crippen molar-refractivity contribution in [1.82, 2.24) is 10.2 Å². The van der Waals surface area contributed by atoms with Crippen LogP contribution in [0.4, 0.5) is 0 Å². The van der Waals surface area contributed by atoms with Crippen molar-refractivity contribution < 1.29 is 9.53 Å². The smallest absolute Gasteiger partial charge is 0.240 e. The number of carbonyl (C=O) groups excluding carboxylic acids is 1. The number of benzene rings is 1. The number of hydrogen-bond acceptors (Lipinski definition) is 3. The lowest BCUT2D eigenvalue weighted by Gasteiger charge is -2.32. The average molecular weight is 332 g/mol. The van der Waals surface area contributed by atoms with Crippen molar-refractivity contribution >= 4 is 5.91 Å². The Morgan fingerprint density at radius 1 is 1.17 bits per heavy atom. The summed E-state index contributed by atoms with van der Waals surface area (Å²) in [5.74, 6) is 1.06. The number of morpholine rings is 1. The Bertz CT molecular complexity index is 484. The third-order valence-corrected chi connectivity index (χ3v) is 4.71. The zero-order chi connectivity index (χ0) is 17.4. The summed E-state index contributed by atoms with van der Waals surface area (Å²) in [6.07, 6.45) is 2.22. The van der Waals surface area contributed by atoms with E-state index in [-0.39, 0.29) is 11.9 Å². The van der Waals surface area contributed by atoms with Crippen LogP contribution >= 0.6 is 0 Å². The van der Waals surface area contributed by atoms with Gasteiger partial charge < -0.3 is 15.0 Å². The number of amides is 1. The molecule has 4 heteroatoms. The summed E-state index contributed by atoms with van der Waals surface area (Å²) in [6.45, 7) is 10.1. The fourth-order valence-corrected chi connectivity index (χ4v) is 3.08. The van der Waals surface area contributed by atoms with Crippen LogP contribution in [0.1, 0.15) is 32.8 Å². The van der Waals surface area contributed by atoms with Gasteiger partial charge in [-0.2, -0.15) is 0 Å². The quantitative estimate of drug-likeness (QED) is 0.796. The summed E-state index contributed by atoms with van der Waals surface area (Å²) < 4.78 is 5.35. The molecule has 0 radical (unpaired) electrons. The van der Waals surface area contributed by atoms with Gasteiger partial charge in [-0.05, 0) is 36.8 Å². The Morgan fingerprint density at radius 3 is 2.46 bits per heavy atom. The molecule has 2 unspecified atom stereocenters. The molecular formula is C20H32N2O2. The Balaban J connectivity index is 1.78. The molecule has 134 valence electrons. The van der Waals surface area contributed by atoms with Crippen molar-refractivity contribution in [3.05, 3.63) is 35.9 Å². The van der Waals surface area contributed by atoms with Gasteiger partial charge in [-0.15, -0.1) is 0 Å². The van der Waals surface area contributed by atoms with E-state index in [1.807, 2.05) is 4.90 Å². The molecule has 1 heterocycles. The van der Waals surface area contributed by atoms with Crippen LogP contribution in [-0.2, 0) is 16.0 Å². The predicted octanol–water partition coefficient (Wildman–Crippen LogP) is 2.73. The molecule has 1 N–H and O–H groups in total. The molecule has 2 atom stereocenters. The zero-order valence-electron chi connectivity index (χ0n) is 15.3. The van der Waals surface area contributed by atoms with Crippen molar-refractivity contribution in [1.29, 1.82) is 0 Å². The molecular weight excluding hydrogens is 300 g/mol. The first-order valence-corrected chi connectivity index (χ1v) is 9.21. The SMILES string of the molecule is CC(CCc1ccccc1)CNC(C(=O)N1CCOCC1)C(C)C. The van der Waals surface area contributed by atoms with Crippen molar-refractivity contribution in [3.63, 3.8) is 0 Å². The molecule has 1 aromatic rings. The maximum atomic E-state index is 12.7. The van der Waals surface area contributed by atoms with Gasteiger partial charge in [0.1, 0.15) is 0 Å². The first-order chi connectivity index (χ1) is 11.6. The second-order valence-electron chi connectivity index (χ2n) is 7.20. The van der Waals surface area contributed by atoms with Crippen LogP contribution in [-0.4, -0.2) is 49.7 Å². The predicted molar refractivity (Wildman–Crippen MR) is 98.0 cm³/mol. The Kier molecular flexibility index (Phi) is 7.73. The molecule has 1 aliphatic heterocycles. The van der Waals surface area contributed by atoms with Crippen LogP contribution in [0.2, 0.25) is 0 Å². The van der Waals surface area contributed by atoms with E-state index in [0.717, 1.165) is 19.4 Å². The molecule has 1 aliphatic rings. The fourth-order valence-electron chi connectivity index (χ4n) is 3.08. The third-order valence-electron chi connectivity index (χ3n) is 4.71. The van der Waals surface area contributed by atoms with Crippen LogP contribution in [0, 0.1) is 11.8 Å². The molecule has 0 aliphatic carbocycles. The maximum Gasteiger partial charge on any atom is 0.240 e. The summed E-state index contributed by atoms with van der Waals surface area (Å²) in [7, 11) is 0. The molecule has 2 rings (SSSR count). The minimum Gasteiger partial charge on any atom is -0.378 e. The summed E-state index contributed by atoms with van der Waals surface area (Å²) in [6, 6.07) is 10.5. The van der Waals surface area contributed by atoms with Crippen molar-refractivity contribution in [2.24, 2.45) is 11.8 Å². The highest BCUT2D eigenvalue weighted by Crippen LogP contribution is 2.12. The normalized spacial score (nSPS) is 17.8. The minimum absolute atomic E-state index is 0.0951. The van der Waals surface area contributed by atoms with E-state index in [0.29, 0.717) is 38.1 Å². The van der Waals surface area contributed by atoms with Crippen molar-refractivity contribution in [2.45, 2.75) is 39.7 Å². The summed E-state index contributed by atoms with van der Waals surface area (Å²) in [5.41, 5.74) is 1.38. The summed E-state index contributed by atoms with van der Waals surface area (Å²) >= 11 is 0. The van der Waals surface area contributed by atoms with E-state index in [4.69, 9.17) is 4.74 Å². The maximum absolute atomic E-state index is 12.7. The molecule has 24 heavy (non-hydrogen) atoms. The van der Waals surface area contributed by atoms with Crippen LogP contribution in [0.25, 0.3) is 0 Å². The number of nitrogens with zero attached hydrogens (tertiary/aromatic N) is 1. The van der Waals surface area contributed by atoms with Crippen molar-refractivity contribution in [3.8, 4) is 0 Å². The first-order valence-electron chi connectivity index (χ1n) is 9.21. The Morgan fingerprint density at radius 2 is 1.83 bits per heavy atom. The van der Waals surface area contributed by atoms with Crippen LogP contribution in [0.3, 0.4) is 0 Å². The van der Waals surface area contributed by atoms with Crippen LogP contribution in [0.15, 0.2) is 30.3 Å². The second kappa shape index (κ2) is 9.80. The number of ether oxygens (including phenoxy) is 1. The third kappa shape index (κ3) is 5.91. The van der Waals surface area contributed by atoms with E-state index < -0.39 is 0 Å². The van der Waals surface area contributed by atoms with E-state index in [1.165, 1.54) is 5.56 Å². The van der Waals surface area contributed by atoms with E-state index in [9.17, 15) is 4.79 Å². The lowest BCUT2D eigenvalue weighted by molar-refractivity contribution is -0.138. The van der Waals surface area contributed by atoms with E-state index in [2.05, 4.69) is 56.4 Å². The molecule has 1 fully saturated rings. The largest absolute Gasteiger partial charge is 0.378 e. The highest BCUT2D eigenvalue weighted by molar-refractivity contribution is 5.82. The summed E-state index contributed by atoms with van der Waals surface area (Å²) in [4.78, 5) is 14.7. The molecule has 0 bridgehead atoms. The number of rotatable bonds is 8. The lowest BCUT2D eigenvalue weighted by Crippen LogP contribution is -2.53. The summed E-state index contributed by atoms with van der Waals surface area (Å²) in [5, 5.41) is 3.52. The average Bonchev–Trinajstić information content (AvgIpc) is 2.61. The van der Waals surface area contributed by atoms with E-state index in [1.54, 1.807) is 0 Å². The minimum atomic E-state index is -0.0951. The van der Waals surface area contributed by atoms with Gasteiger partial charge >= 0.3 is 0 Å². The standard InChI is InChI=1S/C20H32N2O2/c1-16(2)19(20(23)22-11-13-24-14-12-22)21-15-17(3)9-10-18-7-5-4-6-8-18/h4-8,16-17,19,21H,9-15H2,1-3H3. The van der Waals surface area contributed by atoms with Crippen molar-refractivity contribution in [2.75, 3.05) is 32.8 Å². The highest BCUT2D eigenvalue weighted by atomic mass is 16.5. The van der Waals surface area contributed by atoms with E-state index >= 15 is 0 Å². The highest BCUT2D eigenvalue weighted by Gasteiger charge is 2.28. The van der Waals surface area contributed by atoms with Gasteiger partial charge in [-0.1, -0.05) is 51.1 Å². The lowest BCUT2D eigenvalue weighted by atomic mass is 9.98. The number of aryl methyl sites for hydroxylation is 1. The van der Waals surface area contributed by atoms with Gasteiger partial charge in [0.05, 0.1) is 19.3 Å². The topological polar surface area (TPSA) is 41.6 Å². The monoisotopic (exact) mass is 332 g/mol. The second-order valence-corrected chi connectivity index (χ2v) is 7.20. The molecule has 1 saturated heterocycles. The molecule has 4 nitrogen and oxygen atoms in total. The molecule has 1 aromatic carbocycles. The molecule has 0 aromatic heterocycles.